The van der Waals surface area contributed by atoms with Crippen LogP contribution in [0.2, 0.25) is 0 Å². The van der Waals surface area contributed by atoms with Crippen molar-refractivity contribution in [2.24, 2.45) is 4.99 Å². The van der Waals surface area contributed by atoms with Crippen molar-refractivity contribution < 1.29 is 12.9 Å². The van der Waals surface area contributed by atoms with Crippen molar-refractivity contribution >= 4 is 40.0 Å². The Morgan fingerprint density at radius 3 is 2.22 bits per heavy atom. The Kier molecular flexibility index (Phi) is 8.69. The second-order valence-corrected chi connectivity index (χ2v) is 8.17. The average Bonchev–Trinajstić information content (AvgIpc) is 2.93. The van der Waals surface area contributed by atoms with Gasteiger partial charge in [0.1, 0.15) is 5.76 Å². The van der Waals surface area contributed by atoms with Crippen LogP contribution in [0.15, 0.2) is 38.7 Å². The van der Waals surface area contributed by atoms with Gasteiger partial charge >= 0.3 is 0 Å². The Morgan fingerprint density at radius 2 is 1.74 bits per heavy atom. The summed E-state index contributed by atoms with van der Waals surface area (Å²) in [6.45, 7) is 4.84. The van der Waals surface area contributed by atoms with E-state index < -0.39 is 10.0 Å². The molecular formula is C17H26IN5O3S. The average molecular weight is 507 g/mol. The summed E-state index contributed by atoms with van der Waals surface area (Å²) in [7, 11) is 1.31. The summed E-state index contributed by atoms with van der Waals surface area (Å²) in [6, 6.07) is 6.77. The van der Waals surface area contributed by atoms with Gasteiger partial charge in [0.2, 0.25) is 10.0 Å². The van der Waals surface area contributed by atoms with E-state index in [9.17, 15) is 8.42 Å². The number of rotatable bonds is 6. The fourth-order valence-electron chi connectivity index (χ4n) is 2.32. The standard InChI is InChI=1S/C17H25N5O3S.HI/c1-12-16(13(2)25-21-12)11-20-17(18-3)19-10-14-6-8-15(9-7-14)26(23,24)22(4)5;/h6-9H,10-11H2,1-5H3,(H2,18,19,20);1H. The van der Waals surface area contributed by atoms with Gasteiger partial charge in [0.15, 0.2) is 5.96 Å². The molecule has 2 N–H and O–H groups in total. The van der Waals surface area contributed by atoms with Crippen LogP contribution >= 0.6 is 24.0 Å². The molecule has 0 atom stereocenters. The summed E-state index contributed by atoms with van der Waals surface area (Å²) in [5.41, 5.74) is 2.80. The summed E-state index contributed by atoms with van der Waals surface area (Å²) in [5.74, 6) is 1.41. The lowest BCUT2D eigenvalue weighted by Crippen LogP contribution is -2.36. The molecule has 0 spiro atoms. The van der Waals surface area contributed by atoms with Gasteiger partial charge in [-0.2, -0.15) is 0 Å². The van der Waals surface area contributed by atoms with Gasteiger partial charge in [0.05, 0.1) is 10.6 Å². The molecule has 0 aliphatic rings. The highest BCUT2D eigenvalue weighted by Gasteiger charge is 2.16. The molecule has 150 valence electrons. The monoisotopic (exact) mass is 507 g/mol. The number of nitrogens with zero attached hydrogens (tertiary/aromatic N) is 3. The fourth-order valence-corrected chi connectivity index (χ4v) is 3.22. The Hall–Kier alpha value is -1.66. The molecule has 0 saturated carbocycles. The topological polar surface area (TPSA) is 99.8 Å². The number of nitrogens with one attached hydrogen (secondary N) is 2. The van der Waals surface area contributed by atoms with E-state index in [4.69, 9.17) is 4.52 Å². The molecule has 8 nitrogen and oxygen atoms in total. The number of guanidine groups is 1. The maximum absolute atomic E-state index is 12.1. The third-order valence-corrected chi connectivity index (χ3v) is 5.83. The molecule has 10 heteroatoms. The quantitative estimate of drug-likeness (QED) is 0.353. The molecule has 0 unspecified atom stereocenters. The lowest BCUT2D eigenvalue weighted by molar-refractivity contribution is 0.392. The predicted molar refractivity (Wildman–Crippen MR) is 116 cm³/mol. The van der Waals surface area contributed by atoms with E-state index in [1.54, 1.807) is 31.3 Å². The molecular weight excluding hydrogens is 481 g/mol. The van der Waals surface area contributed by atoms with Crippen LogP contribution in [-0.4, -0.2) is 45.0 Å². The predicted octanol–water partition coefficient (Wildman–Crippen LogP) is 2.02. The molecule has 0 bridgehead atoms. The van der Waals surface area contributed by atoms with E-state index in [0.717, 1.165) is 22.6 Å². The molecule has 1 aromatic heterocycles. The summed E-state index contributed by atoms with van der Waals surface area (Å²) in [5, 5.41) is 10.3. The van der Waals surface area contributed by atoms with Crippen LogP contribution in [0.4, 0.5) is 0 Å². The van der Waals surface area contributed by atoms with E-state index in [1.807, 2.05) is 13.8 Å². The van der Waals surface area contributed by atoms with Crippen LogP contribution in [0.25, 0.3) is 0 Å². The number of hydrogen-bond donors (Lipinski definition) is 2. The first-order valence-electron chi connectivity index (χ1n) is 8.13. The van der Waals surface area contributed by atoms with Gasteiger partial charge in [0, 0.05) is 39.8 Å². The van der Waals surface area contributed by atoms with Gasteiger partial charge in [-0.05, 0) is 31.5 Å². The number of aromatic nitrogens is 1. The minimum atomic E-state index is -3.41. The Bertz CT molecular complexity index is 857. The minimum absolute atomic E-state index is 0. The van der Waals surface area contributed by atoms with E-state index in [1.165, 1.54) is 18.4 Å². The first-order valence-corrected chi connectivity index (χ1v) is 9.57. The minimum Gasteiger partial charge on any atom is -0.361 e. The molecule has 0 aliphatic carbocycles. The molecule has 1 heterocycles. The Balaban J connectivity index is 0.00000364. The maximum Gasteiger partial charge on any atom is 0.242 e. The van der Waals surface area contributed by atoms with Crippen molar-refractivity contribution in [2.75, 3.05) is 21.1 Å². The normalized spacial score (nSPS) is 12.0. The van der Waals surface area contributed by atoms with Crippen molar-refractivity contribution in [1.29, 1.82) is 0 Å². The van der Waals surface area contributed by atoms with Crippen molar-refractivity contribution in [2.45, 2.75) is 31.8 Å². The van der Waals surface area contributed by atoms with Crippen LogP contribution in [0.3, 0.4) is 0 Å². The third-order valence-electron chi connectivity index (χ3n) is 4.00. The van der Waals surface area contributed by atoms with Crippen molar-refractivity contribution in [1.82, 2.24) is 20.1 Å². The van der Waals surface area contributed by atoms with Crippen molar-refractivity contribution in [3.05, 3.63) is 46.8 Å². The zero-order chi connectivity index (χ0) is 19.3. The SMILES string of the molecule is CN=C(NCc1ccc(S(=O)(=O)N(C)C)cc1)NCc1c(C)noc1C.I. The van der Waals surface area contributed by atoms with E-state index in [-0.39, 0.29) is 28.9 Å². The first-order chi connectivity index (χ1) is 12.3. The second kappa shape index (κ2) is 10.0. The van der Waals surface area contributed by atoms with Crippen LogP contribution in [0, 0.1) is 13.8 Å². The zero-order valence-electron chi connectivity index (χ0n) is 16.1. The summed E-state index contributed by atoms with van der Waals surface area (Å²) in [4.78, 5) is 4.45. The van der Waals surface area contributed by atoms with Gasteiger partial charge in [-0.3, -0.25) is 4.99 Å². The van der Waals surface area contributed by atoms with Crippen molar-refractivity contribution in [3.63, 3.8) is 0 Å². The molecule has 0 fully saturated rings. The van der Waals surface area contributed by atoms with Gasteiger partial charge in [-0.1, -0.05) is 17.3 Å². The van der Waals surface area contributed by atoms with Gasteiger partial charge in [-0.15, -0.1) is 24.0 Å². The molecule has 2 aromatic rings. The molecule has 1 aromatic carbocycles. The maximum atomic E-state index is 12.1. The molecule has 0 aliphatic heterocycles. The molecule has 0 amide bonds. The first kappa shape index (κ1) is 23.4. The molecule has 2 rings (SSSR count). The van der Waals surface area contributed by atoms with Gasteiger partial charge in [-0.25, -0.2) is 12.7 Å². The lowest BCUT2D eigenvalue weighted by Gasteiger charge is -2.13. The highest BCUT2D eigenvalue weighted by molar-refractivity contribution is 14.0. The van der Waals surface area contributed by atoms with Crippen LogP contribution in [0.1, 0.15) is 22.6 Å². The van der Waals surface area contributed by atoms with Crippen molar-refractivity contribution in [3.8, 4) is 0 Å². The van der Waals surface area contributed by atoms with E-state index >= 15 is 0 Å². The number of sulfonamides is 1. The number of halogens is 1. The summed E-state index contributed by atoms with van der Waals surface area (Å²) < 4.78 is 30.5. The van der Waals surface area contributed by atoms with Crippen LogP contribution in [-0.2, 0) is 23.1 Å². The molecule has 27 heavy (non-hydrogen) atoms. The highest BCUT2D eigenvalue weighted by atomic mass is 127. The molecule has 0 saturated heterocycles. The van der Waals surface area contributed by atoms with Crippen LogP contribution < -0.4 is 10.6 Å². The number of benzene rings is 1. The van der Waals surface area contributed by atoms with E-state index in [2.05, 4.69) is 20.8 Å². The third kappa shape index (κ3) is 5.91. The zero-order valence-corrected chi connectivity index (χ0v) is 19.3. The highest BCUT2D eigenvalue weighted by Crippen LogP contribution is 2.14. The number of aliphatic imine (C=N–C) groups is 1. The van der Waals surface area contributed by atoms with Gasteiger partial charge < -0.3 is 15.2 Å². The number of hydrogen-bond acceptors (Lipinski definition) is 5. The summed E-state index contributed by atoms with van der Waals surface area (Å²) >= 11 is 0. The Morgan fingerprint density at radius 1 is 1.15 bits per heavy atom. The van der Waals surface area contributed by atoms with Crippen LogP contribution in [0.5, 0.6) is 0 Å². The smallest absolute Gasteiger partial charge is 0.242 e. The Labute approximate surface area is 177 Å². The summed E-state index contributed by atoms with van der Waals surface area (Å²) in [6.07, 6.45) is 0. The number of aryl methyl sites for hydroxylation is 2. The largest absolute Gasteiger partial charge is 0.361 e. The molecule has 0 radical (unpaired) electrons. The second-order valence-electron chi connectivity index (χ2n) is 6.01. The van der Waals surface area contributed by atoms with Gasteiger partial charge in [0.25, 0.3) is 0 Å². The lowest BCUT2D eigenvalue weighted by atomic mass is 10.2. The van der Waals surface area contributed by atoms with E-state index in [0.29, 0.717) is 19.0 Å². The fraction of sp³-hybridized carbons (Fsp3) is 0.412.